The largest absolute Gasteiger partial charge is 0.342 e. The minimum Gasteiger partial charge on any atom is -0.342 e. The van der Waals surface area contributed by atoms with Gasteiger partial charge in [-0.25, -0.2) is 4.39 Å². The zero-order valence-electron chi connectivity index (χ0n) is 11.9. The highest BCUT2D eigenvalue weighted by molar-refractivity contribution is 5.63. The zero-order chi connectivity index (χ0) is 14.4. The Balaban J connectivity index is 2.27. The fourth-order valence-electron chi connectivity index (χ4n) is 2.14. The molecule has 1 aromatic heterocycles. The predicted molar refractivity (Wildman–Crippen MR) is 80.7 cm³/mol. The summed E-state index contributed by atoms with van der Waals surface area (Å²) in [4.78, 5) is 6.41. The third-order valence-electron chi connectivity index (χ3n) is 3.10. The maximum absolute atomic E-state index is 13.4. The van der Waals surface area contributed by atoms with Gasteiger partial charge in [0.15, 0.2) is 0 Å². The van der Waals surface area contributed by atoms with Gasteiger partial charge in [-0.1, -0.05) is 13.0 Å². The minimum atomic E-state index is -0.220. The van der Waals surface area contributed by atoms with E-state index < -0.39 is 0 Å². The number of rotatable bonds is 6. The van der Waals surface area contributed by atoms with E-state index in [4.69, 9.17) is 0 Å². The van der Waals surface area contributed by atoms with Gasteiger partial charge in [0.05, 0.1) is 5.69 Å². The Morgan fingerprint density at radius 2 is 1.95 bits per heavy atom. The number of halogens is 1. The highest BCUT2D eigenvalue weighted by Crippen LogP contribution is 2.25. The molecule has 1 aromatic carbocycles. The maximum atomic E-state index is 13.4. The topological polar surface area (TPSA) is 28.2 Å². The molecular weight excluding hydrogens is 253 g/mol. The van der Waals surface area contributed by atoms with Crippen LogP contribution in [0.5, 0.6) is 0 Å². The summed E-state index contributed by atoms with van der Waals surface area (Å²) in [5.41, 5.74) is 2.87. The molecule has 2 rings (SSSR count). The molecule has 1 N–H and O–H groups in total. The highest BCUT2D eigenvalue weighted by Gasteiger charge is 2.09. The first-order valence-electron chi connectivity index (χ1n) is 6.93. The summed E-state index contributed by atoms with van der Waals surface area (Å²) < 4.78 is 13.4. The number of nitrogens with zero attached hydrogens (tertiary/aromatic N) is 2. The van der Waals surface area contributed by atoms with Crippen molar-refractivity contribution in [3.8, 4) is 0 Å². The predicted octanol–water partition coefficient (Wildman–Crippen LogP) is 3.49. The van der Waals surface area contributed by atoms with E-state index in [1.165, 1.54) is 6.07 Å². The average Bonchev–Trinajstić information content (AvgIpc) is 2.46. The van der Waals surface area contributed by atoms with Crippen molar-refractivity contribution in [2.75, 3.05) is 18.0 Å². The Bertz CT molecular complexity index is 557. The van der Waals surface area contributed by atoms with E-state index in [1.807, 2.05) is 18.2 Å². The van der Waals surface area contributed by atoms with Gasteiger partial charge in [-0.05, 0) is 43.8 Å². The van der Waals surface area contributed by atoms with Crippen LogP contribution in [0.15, 0.2) is 42.6 Å². The molecule has 0 aliphatic rings. The molecule has 2 aromatic rings. The standard InChI is InChI=1S/C16H20FN3/c1-3-18-12-14-11-16(8-9-19-14)20(4-2)15-7-5-6-13(17)10-15/h5-11,18H,3-4,12H2,1-2H3. The van der Waals surface area contributed by atoms with Crippen molar-refractivity contribution in [2.24, 2.45) is 0 Å². The Morgan fingerprint density at radius 1 is 1.15 bits per heavy atom. The lowest BCUT2D eigenvalue weighted by Gasteiger charge is -2.23. The smallest absolute Gasteiger partial charge is 0.125 e. The van der Waals surface area contributed by atoms with Gasteiger partial charge in [0.1, 0.15) is 5.82 Å². The summed E-state index contributed by atoms with van der Waals surface area (Å²) in [5, 5.41) is 3.26. The molecule has 0 aliphatic heterocycles. The van der Waals surface area contributed by atoms with Crippen LogP contribution in [0, 0.1) is 5.82 Å². The van der Waals surface area contributed by atoms with Gasteiger partial charge < -0.3 is 10.2 Å². The quantitative estimate of drug-likeness (QED) is 0.873. The summed E-state index contributed by atoms with van der Waals surface area (Å²) in [5.74, 6) is -0.220. The van der Waals surface area contributed by atoms with Crippen LogP contribution in [0.3, 0.4) is 0 Å². The van der Waals surface area contributed by atoms with Crippen molar-refractivity contribution in [1.29, 1.82) is 0 Å². The molecule has 0 amide bonds. The van der Waals surface area contributed by atoms with E-state index in [0.29, 0.717) is 0 Å². The van der Waals surface area contributed by atoms with Crippen LogP contribution in [0.2, 0.25) is 0 Å². The van der Waals surface area contributed by atoms with Gasteiger partial charge in [0, 0.05) is 30.7 Å². The Morgan fingerprint density at radius 3 is 2.65 bits per heavy atom. The summed E-state index contributed by atoms with van der Waals surface area (Å²) in [7, 11) is 0. The average molecular weight is 273 g/mol. The molecule has 0 aliphatic carbocycles. The van der Waals surface area contributed by atoms with Crippen LogP contribution in [0.25, 0.3) is 0 Å². The number of pyridine rings is 1. The normalized spacial score (nSPS) is 10.6. The zero-order valence-corrected chi connectivity index (χ0v) is 11.9. The van der Waals surface area contributed by atoms with Crippen molar-refractivity contribution in [3.63, 3.8) is 0 Å². The minimum absolute atomic E-state index is 0.220. The lowest BCUT2D eigenvalue weighted by molar-refractivity contribution is 0.627. The second kappa shape index (κ2) is 7.01. The van der Waals surface area contributed by atoms with Crippen molar-refractivity contribution >= 4 is 11.4 Å². The SMILES string of the molecule is CCNCc1cc(N(CC)c2cccc(F)c2)ccn1. The lowest BCUT2D eigenvalue weighted by Crippen LogP contribution is -2.18. The van der Waals surface area contributed by atoms with Crippen LogP contribution in [0.1, 0.15) is 19.5 Å². The number of hydrogen-bond donors (Lipinski definition) is 1. The molecular formula is C16H20FN3. The molecule has 0 unspecified atom stereocenters. The van der Waals surface area contributed by atoms with Crippen molar-refractivity contribution < 1.29 is 4.39 Å². The van der Waals surface area contributed by atoms with Crippen LogP contribution >= 0.6 is 0 Å². The van der Waals surface area contributed by atoms with E-state index >= 15 is 0 Å². The molecule has 0 fully saturated rings. The lowest BCUT2D eigenvalue weighted by atomic mass is 10.2. The fourth-order valence-corrected chi connectivity index (χ4v) is 2.14. The first-order chi connectivity index (χ1) is 9.74. The van der Waals surface area contributed by atoms with Crippen molar-refractivity contribution in [3.05, 3.63) is 54.1 Å². The third-order valence-corrected chi connectivity index (χ3v) is 3.10. The van der Waals surface area contributed by atoms with Crippen molar-refractivity contribution in [1.82, 2.24) is 10.3 Å². The van der Waals surface area contributed by atoms with Gasteiger partial charge in [-0.15, -0.1) is 0 Å². The van der Waals surface area contributed by atoms with Gasteiger partial charge in [-0.2, -0.15) is 0 Å². The highest BCUT2D eigenvalue weighted by atomic mass is 19.1. The Labute approximate surface area is 119 Å². The Kier molecular flexibility index (Phi) is 5.07. The van der Waals surface area contributed by atoms with E-state index in [0.717, 1.165) is 36.7 Å². The van der Waals surface area contributed by atoms with E-state index in [-0.39, 0.29) is 5.82 Å². The van der Waals surface area contributed by atoms with E-state index in [1.54, 1.807) is 18.3 Å². The first-order valence-corrected chi connectivity index (χ1v) is 6.93. The monoisotopic (exact) mass is 273 g/mol. The first kappa shape index (κ1) is 14.5. The molecule has 0 atom stereocenters. The molecule has 0 spiro atoms. The molecule has 20 heavy (non-hydrogen) atoms. The fraction of sp³-hybridized carbons (Fsp3) is 0.312. The van der Waals surface area contributed by atoms with Gasteiger partial charge >= 0.3 is 0 Å². The maximum Gasteiger partial charge on any atom is 0.125 e. The second-order valence-electron chi connectivity index (χ2n) is 4.51. The number of anilines is 2. The summed E-state index contributed by atoms with van der Waals surface area (Å²) >= 11 is 0. The second-order valence-corrected chi connectivity index (χ2v) is 4.51. The molecule has 1 heterocycles. The number of benzene rings is 1. The molecule has 0 radical (unpaired) electrons. The van der Waals surface area contributed by atoms with Crippen LogP contribution in [-0.2, 0) is 6.54 Å². The van der Waals surface area contributed by atoms with E-state index in [9.17, 15) is 4.39 Å². The van der Waals surface area contributed by atoms with Crippen LogP contribution in [0.4, 0.5) is 15.8 Å². The van der Waals surface area contributed by atoms with Gasteiger partial charge in [0.2, 0.25) is 0 Å². The van der Waals surface area contributed by atoms with Gasteiger partial charge in [-0.3, -0.25) is 4.98 Å². The van der Waals surface area contributed by atoms with Crippen LogP contribution in [-0.4, -0.2) is 18.1 Å². The van der Waals surface area contributed by atoms with E-state index in [2.05, 4.69) is 29.0 Å². The van der Waals surface area contributed by atoms with Crippen LogP contribution < -0.4 is 10.2 Å². The van der Waals surface area contributed by atoms with Crippen molar-refractivity contribution in [2.45, 2.75) is 20.4 Å². The molecule has 0 bridgehead atoms. The summed E-state index contributed by atoms with van der Waals surface area (Å²) in [6.07, 6.45) is 1.80. The summed E-state index contributed by atoms with van der Waals surface area (Å²) in [6, 6.07) is 10.6. The Hall–Kier alpha value is -1.94. The molecule has 3 nitrogen and oxygen atoms in total. The molecule has 0 saturated carbocycles. The van der Waals surface area contributed by atoms with Gasteiger partial charge in [0.25, 0.3) is 0 Å². The number of nitrogens with one attached hydrogen (secondary N) is 1. The number of aromatic nitrogens is 1. The molecule has 0 saturated heterocycles. The number of hydrogen-bond acceptors (Lipinski definition) is 3. The molecule has 4 heteroatoms. The third kappa shape index (κ3) is 3.54. The summed E-state index contributed by atoms with van der Waals surface area (Å²) in [6.45, 7) is 6.54. The molecule has 106 valence electrons.